The summed E-state index contributed by atoms with van der Waals surface area (Å²) in [5.41, 5.74) is 0.656. The van der Waals surface area contributed by atoms with E-state index in [2.05, 4.69) is 16.2 Å². The van der Waals surface area contributed by atoms with Crippen LogP contribution < -0.4 is 0 Å². The van der Waals surface area contributed by atoms with Crippen LogP contribution >= 0.6 is 0 Å². The van der Waals surface area contributed by atoms with E-state index < -0.39 is 11.3 Å². The molecule has 0 N–H and O–H groups in total. The van der Waals surface area contributed by atoms with E-state index in [0.717, 1.165) is 36.1 Å². The van der Waals surface area contributed by atoms with Crippen LogP contribution in [0, 0.1) is 25.2 Å². The number of carbonyl (C=O) groups is 2. The molecule has 1 unspecified atom stereocenters. The first-order chi connectivity index (χ1) is 18.1. The van der Waals surface area contributed by atoms with Gasteiger partial charge < -0.3 is 9.42 Å². The minimum atomic E-state index is -1.66. The molecule has 0 spiro atoms. The zero-order valence-electron chi connectivity index (χ0n) is 22.1. The van der Waals surface area contributed by atoms with Crippen molar-refractivity contribution in [1.82, 2.24) is 19.9 Å². The molecule has 4 heterocycles. The molecule has 1 aromatic carbocycles. The normalized spacial score (nSPS) is 24.0. The van der Waals surface area contributed by atoms with Gasteiger partial charge in [-0.2, -0.15) is 5.26 Å². The quantitative estimate of drug-likeness (QED) is 0.417. The molecule has 2 aliphatic rings. The van der Waals surface area contributed by atoms with E-state index in [4.69, 9.17) is 4.52 Å². The number of hydrogen-bond donors (Lipinski definition) is 0. The molecule has 38 heavy (non-hydrogen) atoms. The van der Waals surface area contributed by atoms with Crippen molar-refractivity contribution in [3.8, 4) is 17.2 Å². The Morgan fingerprint density at radius 2 is 1.92 bits per heavy atom. The predicted octanol–water partition coefficient (Wildman–Crippen LogP) is 5.14. The first kappa shape index (κ1) is 26.0. The molecule has 9 heteroatoms. The number of alkyl halides is 1. The van der Waals surface area contributed by atoms with Crippen molar-refractivity contribution in [3.63, 3.8) is 0 Å². The van der Waals surface area contributed by atoms with Gasteiger partial charge >= 0.3 is 0 Å². The van der Waals surface area contributed by atoms with Crippen LogP contribution in [0.3, 0.4) is 0 Å². The van der Waals surface area contributed by atoms with Crippen molar-refractivity contribution >= 4 is 22.6 Å². The van der Waals surface area contributed by atoms with Crippen molar-refractivity contribution in [1.29, 1.82) is 5.26 Å². The number of aryl methyl sites for hydroxylation is 2. The minimum Gasteiger partial charge on any atom is -0.361 e. The fourth-order valence-corrected chi connectivity index (χ4v) is 6.07. The number of piperidine rings is 1. The lowest BCUT2D eigenvalue weighted by Crippen LogP contribution is -2.59. The molecular weight excluding hydrogens is 485 g/mol. The van der Waals surface area contributed by atoms with Gasteiger partial charge in [-0.25, -0.2) is 4.39 Å². The number of nitrogens with zero attached hydrogens (tertiary/aromatic N) is 5. The van der Waals surface area contributed by atoms with E-state index in [0.29, 0.717) is 35.3 Å². The highest BCUT2D eigenvalue weighted by molar-refractivity contribution is 6.08. The molecule has 2 saturated heterocycles. The van der Waals surface area contributed by atoms with Gasteiger partial charge in [-0.3, -0.25) is 19.5 Å². The van der Waals surface area contributed by atoms with Crippen molar-refractivity contribution in [3.05, 3.63) is 47.5 Å². The summed E-state index contributed by atoms with van der Waals surface area (Å²) in [7, 11) is 0. The zero-order valence-corrected chi connectivity index (χ0v) is 22.1. The molecule has 0 radical (unpaired) electrons. The standard InChI is InChI=1S/C29H32FN5O3/c1-19-27(20(2)38-33-19)21-7-8-24-23(15-21)22(11-12-32-24)25(36)9-10-26(37)35-18-28(3,30)16-29(35,17-31)34-13-5-4-6-14-34/h7-8,11-12,15H,4-6,9-10,13-14,16,18H2,1-3H3/t28?,29-/m0/s1. The Bertz CT molecular complexity index is 1420. The van der Waals surface area contributed by atoms with E-state index in [1.807, 2.05) is 36.9 Å². The highest BCUT2D eigenvalue weighted by Crippen LogP contribution is 2.42. The number of hydrogen-bond acceptors (Lipinski definition) is 7. The second-order valence-electron chi connectivity index (χ2n) is 10.8. The minimum absolute atomic E-state index is 0.0460. The number of benzene rings is 1. The van der Waals surface area contributed by atoms with Crippen LogP contribution in [0.5, 0.6) is 0 Å². The van der Waals surface area contributed by atoms with Crippen molar-refractivity contribution in [2.45, 2.75) is 70.6 Å². The monoisotopic (exact) mass is 517 g/mol. The number of carbonyl (C=O) groups excluding carboxylic acids is 2. The maximum absolute atomic E-state index is 15.3. The number of nitriles is 1. The van der Waals surface area contributed by atoms with Gasteiger partial charge in [0.2, 0.25) is 5.91 Å². The van der Waals surface area contributed by atoms with Crippen LogP contribution in [0.4, 0.5) is 4.39 Å². The van der Waals surface area contributed by atoms with Crippen molar-refractivity contribution in [2.24, 2.45) is 0 Å². The van der Waals surface area contributed by atoms with Gasteiger partial charge in [0, 0.05) is 55.1 Å². The molecule has 1 amide bonds. The third-order valence-corrected chi connectivity index (χ3v) is 7.84. The second-order valence-corrected chi connectivity index (χ2v) is 10.8. The largest absolute Gasteiger partial charge is 0.361 e. The molecule has 0 bridgehead atoms. The lowest BCUT2D eigenvalue weighted by atomic mass is 9.96. The van der Waals surface area contributed by atoms with Gasteiger partial charge in [-0.15, -0.1) is 0 Å². The van der Waals surface area contributed by atoms with Gasteiger partial charge in [0.05, 0.1) is 17.8 Å². The van der Waals surface area contributed by atoms with E-state index in [1.54, 1.807) is 12.3 Å². The molecule has 0 aliphatic carbocycles. The van der Waals surface area contributed by atoms with Gasteiger partial charge in [-0.05, 0) is 57.4 Å². The van der Waals surface area contributed by atoms with E-state index >= 15 is 4.39 Å². The molecule has 2 aliphatic heterocycles. The van der Waals surface area contributed by atoms with Crippen molar-refractivity contribution < 1.29 is 18.5 Å². The fraction of sp³-hybridized carbons (Fsp3) is 0.483. The van der Waals surface area contributed by atoms with E-state index in [9.17, 15) is 14.9 Å². The second kappa shape index (κ2) is 9.91. The molecule has 198 valence electrons. The van der Waals surface area contributed by atoms with Gasteiger partial charge in [0.1, 0.15) is 17.5 Å². The van der Waals surface area contributed by atoms with Gasteiger partial charge in [0.25, 0.3) is 0 Å². The maximum Gasteiger partial charge on any atom is 0.225 e. The van der Waals surface area contributed by atoms with Crippen molar-refractivity contribution in [2.75, 3.05) is 19.6 Å². The summed E-state index contributed by atoms with van der Waals surface area (Å²) in [5, 5.41) is 14.9. The molecule has 2 fully saturated rings. The van der Waals surface area contributed by atoms with Crippen LogP contribution in [-0.2, 0) is 4.79 Å². The maximum atomic E-state index is 15.3. The first-order valence-electron chi connectivity index (χ1n) is 13.2. The summed E-state index contributed by atoms with van der Waals surface area (Å²) in [4.78, 5) is 34.6. The average Bonchev–Trinajstić information content (AvgIpc) is 3.41. The van der Waals surface area contributed by atoms with E-state index in [-0.39, 0.29) is 37.5 Å². The van der Waals surface area contributed by atoms with Crippen LogP contribution in [0.2, 0.25) is 0 Å². The summed E-state index contributed by atoms with van der Waals surface area (Å²) in [6.07, 6.45) is 4.28. The third kappa shape index (κ3) is 4.58. The number of rotatable bonds is 6. The molecule has 5 rings (SSSR count). The molecule has 2 aromatic heterocycles. The number of likely N-dealkylation sites (tertiary alicyclic amines) is 2. The smallest absolute Gasteiger partial charge is 0.225 e. The summed E-state index contributed by atoms with van der Waals surface area (Å²) in [5.74, 6) is 0.107. The number of pyridine rings is 1. The summed E-state index contributed by atoms with van der Waals surface area (Å²) >= 11 is 0. The zero-order chi connectivity index (χ0) is 27.1. The number of halogens is 1. The van der Waals surface area contributed by atoms with Crippen LogP contribution in [0.15, 0.2) is 35.0 Å². The SMILES string of the molecule is Cc1noc(C)c1-c1ccc2nccc(C(=O)CCC(=O)N3CC(C)(F)C[C@]3(C#N)N3CCCCC3)c2c1. The molecule has 0 saturated carbocycles. The number of amides is 1. The molecule has 2 atom stereocenters. The Hall–Kier alpha value is -3.64. The third-order valence-electron chi connectivity index (χ3n) is 7.84. The van der Waals surface area contributed by atoms with Crippen LogP contribution in [0.1, 0.15) is 67.3 Å². The number of ketones is 1. The summed E-state index contributed by atoms with van der Waals surface area (Å²) in [6, 6.07) is 9.62. The summed E-state index contributed by atoms with van der Waals surface area (Å²) in [6.45, 7) is 6.31. The number of fused-ring (bicyclic) bond motifs is 1. The Balaban J connectivity index is 1.38. The van der Waals surface area contributed by atoms with Crippen LogP contribution in [-0.4, -0.2) is 62.6 Å². The summed E-state index contributed by atoms with van der Waals surface area (Å²) < 4.78 is 20.6. The lowest BCUT2D eigenvalue weighted by Gasteiger charge is -2.43. The molecule has 8 nitrogen and oxygen atoms in total. The van der Waals surface area contributed by atoms with Gasteiger partial charge in [-0.1, -0.05) is 17.6 Å². The van der Waals surface area contributed by atoms with Crippen LogP contribution in [0.25, 0.3) is 22.0 Å². The molecular formula is C29H32FN5O3. The number of Topliss-reactive ketones (excluding diaryl/α,β-unsaturated/α-hetero) is 1. The highest BCUT2D eigenvalue weighted by atomic mass is 19.1. The lowest BCUT2D eigenvalue weighted by molar-refractivity contribution is -0.140. The Morgan fingerprint density at radius 1 is 1.16 bits per heavy atom. The van der Waals surface area contributed by atoms with Gasteiger partial charge in [0.15, 0.2) is 11.4 Å². The molecule has 3 aromatic rings. The Labute approximate surface area is 221 Å². The Kier molecular flexibility index (Phi) is 6.78. The average molecular weight is 518 g/mol. The predicted molar refractivity (Wildman–Crippen MR) is 140 cm³/mol. The van der Waals surface area contributed by atoms with E-state index in [1.165, 1.54) is 11.8 Å². The first-order valence-corrected chi connectivity index (χ1v) is 13.2. The highest BCUT2D eigenvalue weighted by Gasteiger charge is 2.57. The Morgan fingerprint density at radius 3 is 2.61 bits per heavy atom. The number of aromatic nitrogens is 2. The fourth-order valence-electron chi connectivity index (χ4n) is 6.07. The topological polar surface area (TPSA) is 103 Å².